The van der Waals surface area contributed by atoms with Gasteiger partial charge < -0.3 is 30.3 Å². The molecule has 4 rings (SSSR count). The molecule has 3 aromatic rings. The van der Waals surface area contributed by atoms with Crippen LogP contribution in [-0.2, 0) is 14.3 Å². The van der Waals surface area contributed by atoms with Crippen LogP contribution in [0, 0.1) is 0 Å². The van der Waals surface area contributed by atoms with Gasteiger partial charge in [0.2, 0.25) is 5.91 Å². The number of carbonyl (C=O) groups excluding carboxylic acids is 4. The molecule has 47 heavy (non-hydrogen) atoms. The van der Waals surface area contributed by atoms with E-state index >= 15 is 0 Å². The highest BCUT2D eigenvalue weighted by atomic mass is 16.5. The first kappa shape index (κ1) is 34.7. The zero-order valence-corrected chi connectivity index (χ0v) is 26.7. The van der Waals surface area contributed by atoms with Crippen LogP contribution in [0.15, 0.2) is 60.9 Å². The number of Topliss-reactive ketones (excluding diaryl/α,β-unsaturated/α-hetero) is 1. The smallest absolute Gasteiger partial charge is 0.342 e. The fraction of sp³-hybridized carbons (Fsp3) is 0.361. The minimum Gasteiger partial charge on any atom is -0.507 e. The maximum absolute atomic E-state index is 13.5. The third-order valence-electron chi connectivity index (χ3n) is 7.98. The summed E-state index contributed by atoms with van der Waals surface area (Å²) in [5.74, 6) is -2.41. The number of phenolic OH excluding ortho intramolecular Hbond substituents is 2. The summed E-state index contributed by atoms with van der Waals surface area (Å²) in [5.41, 5.74) is 1.16. The number of nitrogens with zero attached hydrogens (tertiary/aromatic N) is 1. The van der Waals surface area contributed by atoms with E-state index in [-0.39, 0.29) is 53.6 Å². The molecule has 1 aliphatic rings. The molecule has 0 fully saturated rings. The number of carbonyl (C=O) groups is 4. The molecular weight excluding hydrogens is 602 g/mol. The molecule has 2 atom stereocenters. The second-order valence-electron chi connectivity index (χ2n) is 11.4. The Morgan fingerprint density at radius 1 is 1.02 bits per heavy atom. The van der Waals surface area contributed by atoms with E-state index in [4.69, 9.17) is 9.47 Å². The van der Waals surface area contributed by atoms with Crippen LogP contribution in [0.25, 0.3) is 6.08 Å². The maximum atomic E-state index is 13.5. The lowest BCUT2D eigenvalue weighted by molar-refractivity contribution is -0.121. The standard InChI is InChI=1S/C36H41N3O8/c1-23-7-6-10-27(40)9-5-3-4-8-26-21-30(41)33(34(43)32(26)36(45)47-23)29(24-11-13-28(46-2)14-12-24)22-31(42)38-19-20-39-35(44)25-15-17-37-18-16-25/h4,8,11-18,21,23,29,41,43H,3,5-7,9-10,19-20,22H2,1-2H3,(H,38,42)(H,39,44)/t23-,29?/m0/s1. The Kier molecular flexibility index (Phi) is 12.5. The summed E-state index contributed by atoms with van der Waals surface area (Å²) in [6.07, 6.45) is 8.84. The zero-order valence-electron chi connectivity index (χ0n) is 26.7. The molecule has 1 unspecified atom stereocenters. The van der Waals surface area contributed by atoms with Crippen LogP contribution in [0.1, 0.15) is 95.2 Å². The number of benzene rings is 2. The molecular formula is C36H41N3O8. The number of aromatic nitrogens is 1. The van der Waals surface area contributed by atoms with Gasteiger partial charge >= 0.3 is 5.97 Å². The van der Waals surface area contributed by atoms with Gasteiger partial charge in [-0.25, -0.2) is 4.79 Å². The van der Waals surface area contributed by atoms with E-state index in [1.54, 1.807) is 55.5 Å². The van der Waals surface area contributed by atoms with Crippen molar-refractivity contribution in [2.24, 2.45) is 0 Å². The molecule has 2 aromatic carbocycles. The number of hydrogen-bond acceptors (Lipinski definition) is 9. The van der Waals surface area contributed by atoms with Crippen molar-refractivity contribution in [1.82, 2.24) is 15.6 Å². The second kappa shape index (κ2) is 16.9. The lowest BCUT2D eigenvalue weighted by Gasteiger charge is -2.23. The summed E-state index contributed by atoms with van der Waals surface area (Å²) >= 11 is 0. The van der Waals surface area contributed by atoms with Gasteiger partial charge in [-0.3, -0.25) is 19.4 Å². The fourth-order valence-corrected chi connectivity index (χ4v) is 5.48. The van der Waals surface area contributed by atoms with E-state index in [9.17, 15) is 29.4 Å². The van der Waals surface area contributed by atoms with Crippen molar-refractivity contribution in [3.05, 3.63) is 88.8 Å². The molecule has 1 aromatic heterocycles. The number of esters is 1. The van der Waals surface area contributed by atoms with Gasteiger partial charge in [-0.1, -0.05) is 24.3 Å². The van der Waals surface area contributed by atoms with Gasteiger partial charge in [0.1, 0.15) is 28.6 Å². The number of fused-ring (bicyclic) bond motifs is 1. The van der Waals surface area contributed by atoms with Gasteiger partial charge in [0.05, 0.1) is 13.2 Å². The van der Waals surface area contributed by atoms with Crippen molar-refractivity contribution in [3.8, 4) is 17.2 Å². The lowest BCUT2D eigenvalue weighted by Crippen LogP contribution is -2.35. The average molecular weight is 644 g/mol. The number of pyridine rings is 1. The quantitative estimate of drug-likeness (QED) is 0.184. The van der Waals surface area contributed by atoms with Gasteiger partial charge in [0.25, 0.3) is 5.91 Å². The molecule has 2 heterocycles. The SMILES string of the molecule is COc1ccc(C(CC(=O)NCCNC(=O)c2ccncc2)c2c(O)cc3c(c2O)C(=O)O[C@@H](C)CCCC(=O)CCCC=C3)cc1. The molecule has 248 valence electrons. The number of phenols is 2. The van der Waals surface area contributed by atoms with Crippen molar-refractivity contribution >= 4 is 29.6 Å². The topological polar surface area (TPSA) is 164 Å². The highest BCUT2D eigenvalue weighted by Gasteiger charge is 2.31. The molecule has 0 radical (unpaired) electrons. The number of nitrogens with one attached hydrogen (secondary N) is 2. The van der Waals surface area contributed by atoms with Crippen LogP contribution in [0.2, 0.25) is 0 Å². The number of amides is 2. The first-order valence-corrected chi connectivity index (χ1v) is 15.7. The van der Waals surface area contributed by atoms with Crippen molar-refractivity contribution in [2.75, 3.05) is 20.2 Å². The largest absolute Gasteiger partial charge is 0.507 e. The third-order valence-corrected chi connectivity index (χ3v) is 7.98. The number of ketones is 1. The monoisotopic (exact) mass is 643 g/mol. The minimum absolute atomic E-state index is 0.000210. The van der Waals surface area contributed by atoms with Crippen LogP contribution in [0.4, 0.5) is 0 Å². The molecule has 0 bridgehead atoms. The summed E-state index contributed by atoms with van der Waals surface area (Å²) in [6, 6.07) is 11.4. The summed E-state index contributed by atoms with van der Waals surface area (Å²) < 4.78 is 11.0. The predicted molar refractivity (Wildman–Crippen MR) is 175 cm³/mol. The Bertz CT molecular complexity index is 1590. The summed E-state index contributed by atoms with van der Waals surface area (Å²) in [6.45, 7) is 2.03. The highest BCUT2D eigenvalue weighted by molar-refractivity contribution is 5.98. The molecule has 1 aliphatic heterocycles. The van der Waals surface area contributed by atoms with E-state index in [1.165, 1.54) is 25.6 Å². The number of ether oxygens (including phenoxy) is 2. The minimum atomic E-state index is -0.870. The summed E-state index contributed by atoms with van der Waals surface area (Å²) in [7, 11) is 1.52. The van der Waals surface area contributed by atoms with Gasteiger partial charge in [0, 0.05) is 61.8 Å². The molecule has 11 nitrogen and oxygen atoms in total. The Hall–Kier alpha value is -5.19. The van der Waals surface area contributed by atoms with Crippen LogP contribution < -0.4 is 15.4 Å². The van der Waals surface area contributed by atoms with Gasteiger partial charge in [0.15, 0.2) is 0 Å². The first-order chi connectivity index (χ1) is 22.7. The van der Waals surface area contributed by atoms with Crippen LogP contribution in [0.5, 0.6) is 17.2 Å². The second-order valence-corrected chi connectivity index (χ2v) is 11.4. The van der Waals surface area contributed by atoms with Crippen molar-refractivity contribution in [1.29, 1.82) is 0 Å². The number of allylic oxidation sites excluding steroid dienone is 1. The number of cyclic esters (lactones) is 1. The van der Waals surface area contributed by atoms with E-state index in [2.05, 4.69) is 15.6 Å². The Morgan fingerprint density at radius 2 is 1.72 bits per heavy atom. The molecule has 11 heteroatoms. The molecule has 2 amide bonds. The summed E-state index contributed by atoms with van der Waals surface area (Å²) in [5, 5.41) is 28.5. The van der Waals surface area contributed by atoms with Crippen LogP contribution >= 0.6 is 0 Å². The number of hydrogen-bond donors (Lipinski definition) is 4. The van der Waals surface area contributed by atoms with Crippen molar-refractivity contribution in [2.45, 2.75) is 63.9 Å². The number of aromatic hydroxyl groups is 2. The molecule has 4 N–H and O–H groups in total. The Morgan fingerprint density at radius 3 is 2.45 bits per heavy atom. The van der Waals surface area contributed by atoms with Crippen LogP contribution in [-0.4, -0.2) is 65.1 Å². The van der Waals surface area contributed by atoms with E-state index in [0.717, 1.165) is 0 Å². The Labute approximate surface area is 274 Å². The molecule has 0 saturated carbocycles. The zero-order chi connectivity index (χ0) is 33.8. The number of methoxy groups -OCH3 is 1. The predicted octanol–water partition coefficient (Wildman–Crippen LogP) is 5.05. The van der Waals surface area contributed by atoms with Crippen molar-refractivity contribution < 1.29 is 38.9 Å². The average Bonchev–Trinajstić information content (AvgIpc) is 3.05. The highest BCUT2D eigenvalue weighted by Crippen LogP contribution is 2.44. The molecule has 0 spiro atoms. The molecule has 0 aliphatic carbocycles. The third kappa shape index (κ3) is 9.65. The van der Waals surface area contributed by atoms with E-state index in [1.807, 2.05) is 0 Å². The summed E-state index contributed by atoms with van der Waals surface area (Å²) in [4.78, 5) is 55.1. The molecule has 0 saturated heterocycles. The lowest BCUT2D eigenvalue weighted by atomic mass is 9.84. The first-order valence-electron chi connectivity index (χ1n) is 15.7. The van der Waals surface area contributed by atoms with Crippen LogP contribution in [0.3, 0.4) is 0 Å². The fourth-order valence-electron chi connectivity index (χ4n) is 5.48. The normalized spacial score (nSPS) is 16.3. The van der Waals surface area contributed by atoms with Gasteiger partial charge in [-0.15, -0.1) is 0 Å². The van der Waals surface area contributed by atoms with E-state index in [0.29, 0.717) is 55.4 Å². The van der Waals surface area contributed by atoms with E-state index < -0.39 is 29.6 Å². The van der Waals surface area contributed by atoms with Gasteiger partial charge in [-0.05, 0) is 74.1 Å². The Balaban J connectivity index is 1.63. The maximum Gasteiger partial charge on any atom is 0.342 e. The van der Waals surface area contributed by atoms with Gasteiger partial charge in [-0.2, -0.15) is 0 Å². The number of rotatable bonds is 9. The van der Waals surface area contributed by atoms with Crippen molar-refractivity contribution in [3.63, 3.8) is 0 Å².